The molecule has 1 aliphatic heterocycles. The quantitative estimate of drug-likeness (QED) is 0.839. The van der Waals surface area contributed by atoms with Crippen molar-refractivity contribution in [1.29, 1.82) is 0 Å². The average molecular weight is 330 g/mol. The Labute approximate surface area is 140 Å². The second-order valence-electron chi connectivity index (χ2n) is 6.26. The van der Waals surface area contributed by atoms with Crippen molar-refractivity contribution in [2.45, 2.75) is 19.9 Å². The highest BCUT2D eigenvalue weighted by molar-refractivity contribution is 5.94. The van der Waals surface area contributed by atoms with E-state index in [1.807, 2.05) is 26.0 Å². The van der Waals surface area contributed by atoms with Crippen LogP contribution in [0.3, 0.4) is 0 Å². The van der Waals surface area contributed by atoms with Gasteiger partial charge in [-0.2, -0.15) is 0 Å². The molecule has 3 rings (SSSR count). The van der Waals surface area contributed by atoms with Gasteiger partial charge in [-0.1, -0.05) is 12.1 Å². The number of piperazine rings is 1. The first-order chi connectivity index (χ1) is 11.5. The Morgan fingerprint density at radius 3 is 2.58 bits per heavy atom. The molecule has 1 amide bonds. The van der Waals surface area contributed by atoms with Crippen LogP contribution in [-0.2, 0) is 0 Å². The van der Waals surface area contributed by atoms with Gasteiger partial charge in [-0.25, -0.2) is 8.78 Å². The summed E-state index contributed by atoms with van der Waals surface area (Å²) in [4.78, 5) is 16.4. The van der Waals surface area contributed by atoms with Crippen molar-refractivity contribution >= 4 is 11.6 Å². The van der Waals surface area contributed by atoms with Crippen molar-refractivity contribution in [3.8, 4) is 0 Å². The summed E-state index contributed by atoms with van der Waals surface area (Å²) >= 11 is 0. The van der Waals surface area contributed by atoms with Crippen molar-refractivity contribution in [2.75, 3.05) is 24.5 Å². The molecule has 1 unspecified atom stereocenters. The highest BCUT2D eigenvalue weighted by atomic mass is 19.1. The molecule has 0 bridgehead atoms. The number of benzene rings is 2. The van der Waals surface area contributed by atoms with E-state index in [1.54, 1.807) is 4.90 Å². The SMILES string of the molecule is Cc1cccc(N2CCN(C(=O)c3ccc(F)cc3F)CC2C)c1. The van der Waals surface area contributed by atoms with Gasteiger partial charge >= 0.3 is 0 Å². The molecule has 0 N–H and O–H groups in total. The van der Waals surface area contributed by atoms with Gasteiger partial charge in [0.25, 0.3) is 5.91 Å². The highest BCUT2D eigenvalue weighted by Crippen LogP contribution is 2.23. The molecule has 24 heavy (non-hydrogen) atoms. The van der Waals surface area contributed by atoms with Crippen LogP contribution < -0.4 is 4.90 Å². The standard InChI is InChI=1S/C19H20F2N2O/c1-13-4-3-5-16(10-13)23-9-8-22(12-14(23)2)19(24)17-7-6-15(20)11-18(17)21/h3-7,10-11,14H,8-9,12H2,1-2H3. The van der Waals surface area contributed by atoms with Gasteiger partial charge in [0.05, 0.1) is 5.56 Å². The summed E-state index contributed by atoms with van der Waals surface area (Å²) in [5, 5.41) is 0. The molecule has 0 spiro atoms. The maximum Gasteiger partial charge on any atom is 0.256 e. The van der Waals surface area contributed by atoms with E-state index in [0.29, 0.717) is 19.6 Å². The first-order valence-corrected chi connectivity index (χ1v) is 8.03. The molecule has 0 aliphatic carbocycles. The molecule has 1 aliphatic rings. The molecule has 5 heteroatoms. The van der Waals surface area contributed by atoms with E-state index < -0.39 is 11.6 Å². The van der Waals surface area contributed by atoms with E-state index >= 15 is 0 Å². The van der Waals surface area contributed by atoms with Crippen molar-refractivity contribution in [2.24, 2.45) is 0 Å². The van der Waals surface area contributed by atoms with Gasteiger partial charge in [0.2, 0.25) is 0 Å². The normalized spacial score (nSPS) is 17.9. The number of rotatable bonds is 2. The summed E-state index contributed by atoms with van der Waals surface area (Å²) < 4.78 is 26.9. The van der Waals surface area contributed by atoms with Crippen LogP contribution in [0.1, 0.15) is 22.8 Å². The number of carbonyl (C=O) groups excluding carboxylic acids is 1. The van der Waals surface area contributed by atoms with Crippen LogP contribution in [0.15, 0.2) is 42.5 Å². The van der Waals surface area contributed by atoms with Crippen molar-refractivity contribution in [1.82, 2.24) is 4.90 Å². The van der Waals surface area contributed by atoms with E-state index in [-0.39, 0.29) is 17.5 Å². The Morgan fingerprint density at radius 1 is 1.12 bits per heavy atom. The third-order valence-electron chi connectivity index (χ3n) is 4.41. The third kappa shape index (κ3) is 3.25. The number of halogens is 2. The summed E-state index contributed by atoms with van der Waals surface area (Å²) in [6.07, 6.45) is 0. The molecule has 2 aromatic rings. The van der Waals surface area contributed by atoms with E-state index in [2.05, 4.69) is 17.0 Å². The van der Waals surface area contributed by atoms with Gasteiger partial charge in [-0.15, -0.1) is 0 Å². The molecule has 1 atom stereocenters. The lowest BCUT2D eigenvalue weighted by Crippen LogP contribution is -2.54. The minimum Gasteiger partial charge on any atom is -0.365 e. The number of hydrogen-bond acceptors (Lipinski definition) is 2. The minimum atomic E-state index is -0.811. The molecule has 0 aromatic heterocycles. The van der Waals surface area contributed by atoms with Gasteiger partial charge in [-0.05, 0) is 43.7 Å². The predicted octanol–water partition coefficient (Wildman–Crippen LogP) is 3.62. The zero-order valence-electron chi connectivity index (χ0n) is 13.8. The fourth-order valence-electron chi connectivity index (χ4n) is 3.17. The van der Waals surface area contributed by atoms with Crippen LogP contribution in [0.5, 0.6) is 0 Å². The zero-order valence-corrected chi connectivity index (χ0v) is 13.8. The smallest absolute Gasteiger partial charge is 0.256 e. The first kappa shape index (κ1) is 16.4. The van der Waals surface area contributed by atoms with Crippen LogP contribution in [0.25, 0.3) is 0 Å². The number of aryl methyl sites for hydroxylation is 1. The van der Waals surface area contributed by atoms with Crippen LogP contribution in [0, 0.1) is 18.6 Å². The maximum atomic E-state index is 13.8. The van der Waals surface area contributed by atoms with Gasteiger partial charge in [0.1, 0.15) is 11.6 Å². The minimum absolute atomic E-state index is 0.0763. The van der Waals surface area contributed by atoms with Gasteiger partial charge in [0.15, 0.2) is 0 Å². The molecule has 126 valence electrons. The number of anilines is 1. The van der Waals surface area contributed by atoms with Crippen molar-refractivity contribution in [3.05, 3.63) is 65.2 Å². The molecule has 3 nitrogen and oxygen atoms in total. The second kappa shape index (κ2) is 6.59. The third-order valence-corrected chi connectivity index (χ3v) is 4.41. The largest absolute Gasteiger partial charge is 0.365 e. The Morgan fingerprint density at radius 2 is 1.92 bits per heavy atom. The number of hydrogen-bond donors (Lipinski definition) is 0. The Bertz CT molecular complexity index is 763. The lowest BCUT2D eigenvalue weighted by molar-refractivity contribution is 0.0721. The van der Waals surface area contributed by atoms with E-state index in [9.17, 15) is 13.6 Å². The van der Waals surface area contributed by atoms with Gasteiger partial charge in [0, 0.05) is 37.4 Å². The van der Waals surface area contributed by atoms with Crippen LogP contribution in [0.2, 0.25) is 0 Å². The number of nitrogens with zero attached hydrogens (tertiary/aromatic N) is 2. The van der Waals surface area contributed by atoms with E-state index in [1.165, 1.54) is 11.6 Å². The summed E-state index contributed by atoms with van der Waals surface area (Å²) in [7, 11) is 0. The van der Waals surface area contributed by atoms with Crippen molar-refractivity contribution in [3.63, 3.8) is 0 Å². The van der Waals surface area contributed by atoms with Gasteiger partial charge < -0.3 is 9.80 Å². The highest BCUT2D eigenvalue weighted by Gasteiger charge is 2.28. The monoisotopic (exact) mass is 330 g/mol. The summed E-state index contributed by atoms with van der Waals surface area (Å²) in [6, 6.07) is 11.4. The molecule has 0 saturated carbocycles. The van der Waals surface area contributed by atoms with Crippen molar-refractivity contribution < 1.29 is 13.6 Å². The first-order valence-electron chi connectivity index (χ1n) is 8.03. The summed E-state index contributed by atoms with van der Waals surface area (Å²) in [5.74, 6) is -1.88. The van der Waals surface area contributed by atoms with E-state index in [4.69, 9.17) is 0 Å². The molecule has 1 saturated heterocycles. The zero-order chi connectivity index (χ0) is 17.3. The number of carbonyl (C=O) groups is 1. The molecule has 2 aromatic carbocycles. The Balaban J connectivity index is 1.74. The predicted molar refractivity (Wildman–Crippen MR) is 90.2 cm³/mol. The summed E-state index contributed by atoms with van der Waals surface area (Å²) in [6.45, 7) is 5.78. The van der Waals surface area contributed by atoms with Gasteiger partial charge in [-0.3, -0.25) is 4.79 Å². The Kier molecular flexibility index (Phi) is 4.51. The van der Waals surface area contributed by atoms with E-state index in [0.717, 1.165) is 17.8 Å². The second-order valence-corrected chi connectivity index (χ2v) is 6.26. The molecular weight excluding hydrogens is 310 g/mol. The maximum absolute atomic E-state index is 13.8. The average Bonchev–Trinajstić information content (AvgIpc) is 2.54. The fourth-order valence-corrected chi connectivity index (χ4v) is 3.17. The Hall–Kier alpha value is -2.43. The van der Waals surface area contributed by atoms with Crippen LogP contribution >= 0.6 is 0 Å². The topological polar surface area (TPSA) is 23.6 Å². The molecule has 1 fully saturated rings. The molecule has 1 heterocycles. The summed E-state index contributed by atoms with van der Waals surface area (Å²) in [5.41, 5.74) is 2.24. The lowest BCUT2D eigenvalue weighted by Gasteiger charge is -2.41. The van der Waals surface area contributed by atoms with Crippen LogP contribution in [-0.4, -0.2) is 36.5 Å². The number of amides is 1. The lowest BCUT2D eigenvalue weighted by atomic mass is 10.1. The molecular formula is C19H20F2N2O. The molecule has 0 radical (unpaired) electrons. The fraction of sp³-hybridized carbons (Fsp3) is 0.316. The van der Waals surface area contributed by atoms with Crippen LogP contribution in [0.4, 0.5) is 14.5 Å².